The van der Waals surface area contributed by atoms with E-state index in [0.29, 0.717) is 6.42 Å². The van der Waals surface area contributed by atoms with Crippen LogP contribution in [0.3, 0.4) is 0 Å². The maximum Gasteiger partial charge on any atom is 0.233 e. The second kappa shape index (κ2) is 5.65. The molecule has 1 fully saturated rings. The van der Waals surface area contributed by atoms with Crippen molar-refractivity contribution in [1.29, 1.82) is 0 Å². The molecule has 0 radical (unpaired) electrons. The molecule has 3 nitrogen and oxygen atoms in total. The zero-order valence-electron chi connectivity index (χ0n) is 13.3. The molecule has 24 heavy (non-hydrogen) atoms. The van der Waals surface area contributed by atoms with Crippen molar-refractivity contribution in [3.05, 3.63) is 46.2 Å². The largest absolute Gasteiger partial charge is 0.367 e. The molecule has 1 aromatic carbocycles. The lowest BCUT2D eigenvalue weighted by Gasteiger charge is -2.29. The number of hydrogen-bond acceptors (Lipinski definition) is 3. The molecule has 1 N–H and O–H groups in total. The number of benzene rings is 1. The molecule has 0 bridgehead atoms. The maximum atomic E-state index is 12.3. The van der Waals surface area contributed by atoms with Gasteiger partial charge < -0.3 is 10.2 Å². The molecule has 0 saturated heterocycles. The summed E-state index contributed by atoms with van der Waals surface area (Å²) in [6, 6.07) is 10.2. The Morgan fingerprint density at radius 2 is 1.96 bits per heavy atom. The molecule has 4 rings (SSSR count). The molecule has 6 heteroatoms. The Hall–Kier alpha value is -1.23. The number of nitrogens with one attached hydrogen (secondary N) is 1. The highest BCUT2D eigenvalue weighted by Crippen LogP contribution is 2.64. The molecule has 2 aromatic rings. The number of amides is 1. The summed E-state index contributed by atoms with van der Waals surface area (Å²) in [6.45, 7) is 3.77. The first-order valence-electron chi connectivity index (χ1n) is 7.99. The van der Waals surface area contributed by atoms with Gasteiger partial charge in [0.15, 0.2) is 0 Å². The molecule has 1 atom stereocenters. The highest BCUT2D eigenvalue weighted by Gasteiger charge is 2.67. The van der Waals surface area contributed by atoms with E-state index in [9.17, 15) is 4.79 Å². The summed E-state index contributed by atoms with van der Waals surface area (Å²) in [5, 5.41) is 5.08. The van der Waals surface area contributed by atoms with Gasteiger partial charge in [-0.25, -0.2) is 0 Å². The van der Waals surface area contributed by atoms with Gasteiger partial charge in [-0.3, -0.25) is 4.79 Å². The number of halogens is 2. The SMILES string of the molecule is CC1(C(=O)Nc2ccc(N3CCc4sccc4C3)cc2)CC1(Cl)Cl. The van der Waals surface area contributed by atoms with Gasteiger partial charge in [-0.1, -0.05) is 0 Å². The zero-order chi connectivity index (χ0) is 16.9. The first-order valence-corrected chi connectivity index (χ1v) is 9.62. The Labute approximate surface area is 155 Å². The van der Waals surface area contributed by atoms with Crippen molar-refractivity contribution in [3.8, 4) is 0 Å². The highest BCUT2D eigenvalue weighted by molar-refractivity contribution is 7.10. The Morgan fingerprint density at radius 3 is 2.62 bits per heavy atom. The fraction of sp³-hybridized carbons (Fsp3) is 0.389. The number of alkyl halides is 2. The molecule has 1 amide bonds. The smallest absolute Gasteiger partial charge is 0.233 e. The van der Waals surface area contributed by atoms with Crippen molar-refractivity contribution >= 4 is 51.8 Å². The van der Waals surface area contributed by atoms with Crippen LogP contribution in [0.2, 0.25) is 0 Å². The minimum Gasteiger partial charge on any atom is -0.367 e. The van der Waals surface area contributed by atoms with E-state index in [1.54, 1.807) is 6.92 Å². The van der Waals surface area contributed by atoms with Gasteiger partial charge in [-0.15, -0.1) is 34.5 Å². The van der Waals surface area contributed by atoms with Gasteiger partial charge in [-0.2, -0.15) is 0 Å². The quantitative estimate of drug-likeness (QED) is 0.773. The number of thiophene rings is 1. The first-order chi connectivity index (χ1) is 11.4. The molecular formula is C18H18Cl2N2OS. The van der Waals surface area contributed by atoms with Crippen LogP contribution in [0.1, 0.15) is 23.8 Å². The lowest BCUT2D eigenvalue weighted by Crippen LogP contribution is -2.29. The number of fused-ring (bicyclic) bond motifs is 1. The predicted molar refractivity (Wildman–Crippen MR) is 101 cm³/mol. The lowest BCUT2D eigenvalue weighted by molar-refractivity contribution is -0.120. The van der Waals surface area contributed by atoms with E-state index in [1.165, 1.54) is 16.1 Å². The molecule has 1 aliphatic heterocycles. The molecule has 126 valence electrons. The number of nitrogens with zero attached hydrogens (tertiary/aromatic N) is 1. The van der Waals surface area contributed by atoms with E-state index in [-0.39, 0.29) is 5.91 Å². The number of anilines is 2. The summed E-state index contributed by atoms with van der Waals surface area (Å²) < 4.78 is -0.941. The van der Waals surface area contributed by atoms with E-state index >= 15 is 0 Å². The van der Waals surface area contributed by atoms with Gasteiger partial charge in [0.05, 0.1) is 5.41 Å². The Bertz CT molecular complexity index is 787. The van der Waals surface area contributed by atoms with Crippen molar-refractivity contribution in [3.63, 3.8) is 0 Å². The molecule has 2 aliphatic rings. The molecule has 0 spiro atoms. The highest BCUT2D eigenvalue weighted by atomic mass is 35.5. The molecule has 1 saturated carbocycles. The van der Waals surface area contributed by atoms with Gasteiger partial charge in [0.25, 0.3) is 0 Å². The van der Waals surface area contributed by atoms with Crippen LogP contribution in [0.15, 0.2) is 35.7 Å². The van der Waals surface area contributed by atoms with Crippen LogP contribution < -0.4 is 10.2 Å². The van der Waals surface area contributed by atoms with Crippen molar-refractivity contribution in [2.75, 3.05) is 16.8 Å². The Balaban J connectivity index is 1.43. The normalized spacial score (nSPS) is 24.4. The standard InChI is InChI=1S/C18H18Cl2N2OS/c1-17(11-18(17,19)20)16(23)21-13-2-4-14(5-3-13)22-8-6-15-12(10-22)7-9-24-15/h2-5,7,9H,6,8,10-11H2,1H3,(H,21,23). The van der Waals surface area contributed by atoms with E-state index < -0.39 is 9.75 Å². The fourth-order valence-electron chi connectivity index (χ4n) is 3.14. The third-order valence-corrected chi connectivity index (χ3v) is 7.18. The van der Waals surface area contributed by atoms with Crippen LogP contribution in [-0.2, 0) is 17.8 Å². The summed E-state index contributed by atoms with van der Waals surface area (Å²) >= 11 is 14.0. The van der Waals surface area contributed by atoms with Crippen molar-refractivity contribution in [2.24, 2.45) is 5.41 Å². The van der Waals surface area contributed by atoms with Gasteiger partial charge in [0, 0.05) is 29.3 Å². The fourth-order valence-corrected chi connectivity index (χ4v) is 4.74. The Morgan fingerprint density at radius 1 is 1.25 bits per heavy atom. The third kappa shape index (κ3) is 2.71. The number of carbonyl (C=O) groups is 1. The van der Waals surface area contributed by atoms with Gasteiger partial charge >= 0.3 is 0 Å². The van der Waals surface area contributed by atoms with Crippen LogP contribution in [-0.4, -0.2) is 16.8 Å². The summed E-state index contributed by atoms with van der Waals surface area (Å²) in [7, 11) is 0. The number of rotatable bonds is 3. The van der Waals surface area contributed by atoms with Crippen molar-refractivity contribution in [2.45, 2.75) is 30.6 Å². The minimum atomic E-state index is -0.941. The van der Waals surface area contributed by atoms with Gasteiger partial charge in [-0.05, 0) is 61.0 Å². The maximum absolute atomic E-state index is 12.3. The van der Waals surface area contributed by atoms with Crippen LogP contribution in [0, 0.1) is 5.41 Å². The van der Waals surface area contributed by atoms with E-state index in [4.69, 9.17) is 23.2 Å². The number of hydrogen-bond donors (Lipinski definition) is 1. The lowest BCUT2D eigenvalue weighted by atomic mass is 10.1. The van der Waals surface area contributed by atoms with E-state index in [2.05, 4.69) is 33.8 Å². The molecular weight excluding hydrogens is 363 g/mol. The van der Waals surface area contributed by atoms with Crippen molar-refractivity contribution < 1.29 is 4.79 Å². The third-order valence-electron chi connectivity index (χ3n) is 5.06. The predicted octanol–water partition coefficient (Wildman–Crippen LogP) is 4.83. The van der Waals surface area contributed by atoms with Gasteiger partial charge in [0.1, 0.15) is 4.33 Å². The average Bonchev–Trinajstić information content (AvgIpc) is 2.90. The molecule has 1 aromatic heterocycles. The van der Waals surface area contributed by atoms with Crippen molar-refractivity contribution in [1.82, 2.24) is 0 Å². The van der Waals surface area contributed by atoms with Gasteiger partial charge in [0.2, 0.25) is 5.91 Å². The summed E-state index contributed by atoms with van der Waals surface area (Å²) in [4.78, 5) is 16.2. The van der Waals surface area contributed by atoms with E-state index in [1.807, 2.05) is 23.5 Å². The summed E-state index contributed by atoms with van der Waals surface area (Å²) in [5.41, 5.74) is 2.67. The van der Waals surface area contributed by atoms with E-state index in [0.717, 1.165) is 25.2 Å². The zero-order valence-corrected chi connectivity index (χ0v) is 15.6. The summed E-state index contributed by atoms with van der Waals surface area (Å²) in [6.07, 6.45) is 1.58. The average molecular weight is 381 g/mol. The second-order valence-electron chi connectivity index (χ2n) is 6.75. The van der Waals surface area contributed by atoms with Crippen LogP contribution in [0.25, 0.3) is 0 Å². The minimum absolute atomic E-state index is 0.124. The van der Waals surface area contributed by atoms with Crippen LogP contribution in [0.5, 0.6) is 0 Å². The molecule has 2 heterocycles. The van der Waals surface area contributed by atoms with Crippen LogP contribution >= 0.6 is 34.5 Å². The monoisotopic (exact) mass is 380 g/mol. The first kappa shape index (κ1) is 16.2. The topological polar surface area (TPSA) is 32.3 Å². The number of carbonyl (C=O) groups excluding carboxylic acids is 1. The second-order valence-corrected chi connectivity index (χ2v) is 9.24. The van der Waals surface area contributed by atoms with Crippen LogP contribution in [0.4, 0.5) is 11.4 Å². The molecule has 1 unspecified atom stereocenters. The Kier molecular flexibility index (Phi) is 3.83. The summed E-state index contributed by atoms with van der Waals surface area (Å²) in [5.74, 6) is -0.124. The molecule has 1 aliphatic carbocycles.